The highest BCUT2D eigenvalue weighted by atomic mass is 19.1. The molecule has 1 fully saturated rings. The first kappa shape index (κ1) is 9.65. The lowest BCUT2D eigenvalue weighted by Crippen LogP contribution is -2.46. The molecule has 2 N–H and O–H groups in total. The van der Waals surface area contributed by atoms with Crippen LogP contribution in [-0.2, 0) is 12.2 Å². The summed E-state index contributed by atoms with van der Waals surface area (Å²) in [5, 5.41) is 4.11. The number of hydrogen-bond acceptors (Lipinski definition) is 2. The van der Waals surface area contributed by atoms with E-state index in [9.17, 15) is 4.39 Å². The van der Waals surface area contributed by atoms with Gasteiger partial charge in [-0.15, -0.1) is 0 Å². The maximum atomic E-state index is 14.0. The van der Waals surface area contributed by atoms with Crippen molar-refractivity contribution in [1.29, 1.82) is 0 Å². The molecule has 78 valence electrons. The second-order valence-electron chi connectivity index (χ2n) is 4.13. The van der Waals surface area contributed by atoms with Crippen LogP contribution in [0.2, 0.25) is 0 Å². The molecule has 0 aromatic carbocycles. The molecule has 0 spiro atoms. The number of alkyl halides is 1. The van der Waals surface area contributed by atoms with Crippen molar-refractivity contribution in [2.45, 2.75) is 44.4 Å². The molecular weight excluding hydrogens is 181 g/mol. The third-order valence-electron chi connectivity index (χ3n) is 2.77. The number of rotatable bonds is 3. The van der Waals surface area contributed by atoms with Crippen molar-refractivity contribution in [2.75, 3.05) is 0 Å². The maximum Gasteiger partial charge on any atom is 0.142 e. The molecule has 1 saturated carbocycles. The molecule has 0 saturated heterocycles. The van der Waals surface area contributed by atoms with Crippen molar-refractivity contribution < 1.29 is 4.39 Å². The van der Waals surface area contributed by atoms with Crippen molar-refractivity contribution in [3.8, 4) is 0 Å². The Morgan fingerprint density at radius 1 is 1.71 bits per heavy atom. The highest BCUT2D eigenvalue weighted by molar-refractivity contribution is 5.21. The van der Waals surface area contributed by atoms with E-state index in [-0.39, 0.29) is 6.04 Å². The minimum Gasteiger partial charge on any atom is -0.327 e. The summed E-state index contributed by atoms with van der Waals surface area (Å²) in [5.41, 5.74) is 5.07. The third-order valence-corrected chi connectivity index (χ3v) is 2.77. The predicted molar refractivity (Wildman–Crippen MR) is 52.5 cm³/mol. The Bertz CT molecular complexity index is 315. The summed E-state index contributed by atoms with van der Waals surface area (Å²) >= 11 is 0. The van der Waals surface area contributed by atoms with Crippen molar-refractivity contribution >= 4 is 0 Å². The summed E-state index contributed by atoms with van der Waals surface area (Å²) < 4.78 is 15.8. The van der Waals surface area contributed by atoms with E-state index in [0.29, 0.717) is 18.4 Å². The van der Waals surface area contributed by atoms with Gasteiger partial charge in [0.2, 0.25) is 0 Å². The molecule has 0 bridgehead atoms. The zero-order valence-electron chi connectivity index (χ0n) is 8.41. The van der Waals surface area contributed by atoms with Crippen LogP contribution in [0.3, 0.4) is 0 Å². The molecule has 1 aliphatic rings. The molecule has 4 heteroatoms. The van der Waals surface area contributed by atoms with Gasteiger partial charge in [-0.3, -0.25) is 4.68 Å². The van der Waals surface area contributed by atoms with Crippen molar-refractivity contribution in [3.63, 3.8) is 0 Å². The minimum atomic E-state index is -1.20. The first-order valence-electron chi connectivity index (χ1n) is 5.11. The van der Waals surface area contributed by atoms with E-state index >= 15 is 0 Å². The maximum absolute atomic E-state index is 14.0. The molecular formula is C10H16FN3. The third kappa shape index (κ3) is 1.54. The Hall–Kier alpha value is -0.900. The van der Waals surface area contributed by atoms with Crippen LogP contribution in [0.5, 0.6) is 0 Å². The topological polar surface area (TPSA) is 43.8 Å². The highest BCUT2D eigenvalue weighted by Crippen LogP contribution is 2.43. The summed E-state index contributed by atoms with van der Waals surface area (Å²) in [6.07, 6.45) is 5.31. The van der Waals surface area contributed by atoms with Gasteiger partial charge in [0, 0.05) is 37.2 Å². The minimum absolute atomic E-state index is 0.0227. The zero-order valence-corrected chi connectivity index (χ0v) is 8.41. The fraction of sp³-hybridized carbons (Fsp3) is 0.700. The van der Waals surface area contributed by atoms with Crippen LogP contribution in [0.4, 0.5) is 4.39 Å². The van der Waals surface area contributed by atoms with Gasteiger partial charge < -0.3 is 5.73 Å². The number of hydrogen-bond donors (Lipinski definition) is 1. The lowest BCUT2D eigenvalue weighted by molar-refractivity contribution is 0.0404. The fourth-order valence-corrected chi connectivity index (χ4v) is 1.95. The molecule has 1 aromatic heterocycles. The second-order valence-corrected chi connectivity index (χ2v) is 4.13. The van der Waals surface area contributed by atoms with E-state index in [1.807, 2.05) is 0 Å². The Labute approximate surface area is 83.1 Å². The molecule has 14 heavy (non-hydrogen) atoms. The Morgan fingerprint density at radius 2 is 2.43 bits per heavy atom. The molecule has 1 heterocycles. The van der Waals surface area contributed by atoms with E-state index in [4.69, 9.17) is 5.73 Å². The molecule has 0 radical (unpaired) electrons. The molecule has 0 unspecified atom stereocenters. The van der Waals surface area contributed by atoms with Crippen LogP contribution in [0, 0.1) is 0 Å². The van der Waals surface area contributed by atoms with Crippen molar-refractivity contribution in [1.82, 2.24) is 9.78 Å². The van der Waals surface area contributed by atoms with Gasteiger partial charge in [-0.2, -0.15) is 5.10 Å². The lowest BCUT2D eigenvalue weighted by Gasteiger charge is -2.38. The summed E-state index contributed by atoms with van der Waals surface area (Å²) in [6.45, 7) is 2.92. The highest BCUT2D eigenvalue weighted by Gasteiger charge is 2.45. The SMILES string of the molecule is CCCn1cc(C2(F)CC(N)C2)cn1. The normalized spacial score (nSPS) is 31.5. The van der Waals surface area contributed by atoms with Crippen LogP contribution < -0.4 is 5.73 Å². The van der Waals surface area contributed by atoms with E-state index in [1.165, 1.54) is 0 Å². The van der Waals surface area contributed by atoms with Gasteiger partial charge in [0.05, 0.1) is 6.20 Å². The van der Waals surface area contributed by atoms with Gasteiger partial charge in [0.15, 0.2) is 0 Å². The molecule has 1 aromatic rings. The number of aromatic nitrogens is 2. The molecule has 3 nitrogen and oxygen atoms in total. The summed E-state index contributed by atoms with van der Waals surface area (Å²) in [5.74, 6) is 0. The van der Waals surface area contributed by atoms with Crippen molar-refractivity contribution in [3.05, 3.63) is 18.0 Å². The van der Waals surface area contributed by atoms with Crippen molar-refractivity contribution in [2.24, 2.45) is 5.73 Å². The Balaban J connectivity index is 2.09. The van der Waals surface area contributed by atoms with Crippen LogP contribution in [0.25, 0.3) is 0 Å². The molecule has 0 atom stereocenters. The quantitative estimate of drug-likeness (QED) is 0.799. The van der Waals surface area contributed by atoms with Crippen LogP contribution in [-0.4, -0.2) is 15.8 Å². The van der Waals surface area contributed by atoms with E-state index in [1.54, 1.807) is 17.1 Å². The van der Waals surface area contributed by atoms with Crippen LogP contribution in [0.15, 0.2) is 12.4 Å². The first-order valence-corrected chi connectivity index (χ1v) is 5.11. The van der Waals surface area contributed by atoms with Gasteiger partial charge in [0.1, 0.15) is 5.67 Å². The fourth-order valence-electron chi connectivity index (χ4n) is 1.95. The van der Waals surface area contributed by atoms with E-state index < -0.39 is 5.67 Å². The van der Waals surface area contributed by atoms with Gasteiger partial charge in [-0.25, -0.2) is 4.39 Å². The number of aryl methyl sites for hydroxylation is 1. The summed E-state index contributed by atoms with van der Waals surface area (Å²) in [4.78, 5) is 0. The molecule has 0 aliphatic heterocycles. The number of nitrogens with zero attached hydrogens (tertiary/aromatic N) is 2. The standard InChI is InChI=1S/C10H16FN3/c1-2-3-14-7-8(6-13-14)10(11)4-9(12)5-10/h6-7,9H,2-5,12H2,1H3. The second kappa shape index (κ2) is 3.35. The monoisotopic (exact) mass is 197 g/mol. The average Bonchev–Trinajstić information content (AvgIpc) is 2.51. The average molecular weight is 197 g/mol. The molecule has 1 aliphatic carbocycles. The van der Waals surface area contributed by atoms with Crippen LogP contribution >= 0.6 is 0 Å². The predicted octanol–water partition coefficient (Wildman–Crippen LogP) is 1.58. The Kier molecular flexibility index (Phi) is 2.31. The first-order chi connectivity index (χ1) is 6.64. The summed E-state index contributed by atoms with van der Waals surface area (Å²) in [7, 11) is 0. The molecule has 2 rings (SSSR count). The molecule has 0 amide bonds. The zero-order chi connectivity index (χ0) is 10.2. The number of halogens is 1. The lowest BCUT2D eigenvalue weighted by atomic mass is 9.74. The van der Waals surface area contributed by atoms with Gasteiger partial charge >= 0.3 is 0 Å². The van der Waals surface area contributed by atoms with E-state index in [0.717, 1.165) is 13.0 Å². The summed E-state index contributed by atoms with van der Waals surface area (Å²) in [6, 6.07) is 0.0227. The van der Waals surface area contributed by atoms with Crippen LogP contribution in [0.1, 0.15) is 31.7 Å². The Morgan fingerprint density at radius 3 is 3.00 bits per heavy atom. The van der Waals surface area contributed by atoms with Gasteiger partial charge in [-0.1, -0.05) is 6.92 Å². The van der Waals surface area contributed by atoms with Gasteiger partial charge in [-0.05, 0) is 6.42 Å². The number of nitrogens with two attached hydrogens (primary N) is 1. The van der Waals surface area contributed by atoms with Gasteiger partial charge in [0.25, 0.3) is 0 Å². The smallest absolute Gasteiger partial charge is 0.142 e. The largest absolute Gasteiger partial charge is 0.327 e. The van der Waals surface area contributed by atoms with E-state index in [2.05, 4.69) is 12.0 Å².